The van der Waals surface area contributed by atoms with Crippen molar-refractivity contribution in [1.29, 1.82) is 0 Å². The zero-order chi connectivity index (χ0) is 12.6. The molecule has 0 unspecified atom stereocenters. The van der Waals surface area contributed by atoms with Crippen LogP contribution in [0.5, 0.6) is 0 Å². The van der Waals surface area contributed by atoms with E-state index >= 15 is 0 Å². The molecule has 0 bridgehead atoms. The van der Waals surface area contributed by atoms with Gasteiger partial charge in [-0.05, 0) is 25.1 Å². The number of rotatable bonds is 4. The maximum atomic E-state index is 10.7. The topological polar surface area (TPSA) is 46.3 Å². The standard InChI is InChI=1S/C11H16N2O.C2H6/c1-9-5-3-4-6-10(9)7-13(2)8-11(12)14;1-2/h3-6H,7-8H2,1-2H3,(H2,12,14);1-2H3. The van der Waals surface area contributed by atoms with Gasteiger partial charge in [-0.3, -0.25) is 9.69 Å². The number of hydrogen-bond acceptors (Lipinski definition) is 2. The van der Waals surface area contributed by atoms with Crippen LogP contribution >= 0.6 is 0 Å². The summed E-state index contributed by atoms with van der Waals surface area (Å²) in [5.74, 6) is -0.291. The Hall–Kier alpha value is -1.35. The first kappa shape index (κ1) is 14.6. The molecule has 16 heavy (non-hydrogen) atoms. The second-order valence-electron chi connectivity index (χ2n) is 3.57. The molecular weight excluding hydrogens is 200 g/mol. The molecule has 90 valence electrons. The van der Waals surface area contributed by atoms with Crippen molar-refractivity contribution in [2.75, 3.05) is 13.6 Å². The van der Waals surface area contributed by atoms with Crippen LogP contribution in [0.2, 0.25) is 0 Å². The van der Waals surface area contributed by atoms with Gasteiger partial charge in [0.1, 0.15) is 0 Å². The average molecular weight is 222 g/mol. The summed E-state index contributed by atoms with van der Waals surface area (Å²) in [6.07, 6.45) is 0. The number of aryl methyl sites for hydroxylation is 1. The molecule has 1 rings (SSSR count). The highest BCUT2D eigenvalue weighted by atomic mass is 16.1. The number of benzene rings is 1. The molecule has 0 heterocycles. The molecule has 0 fully saturated rings. The van der Waals surface area contributed by atoms with Crippen molar-refractivity contribution in [3.8, 4) is 0 Å². The van der Waals surface area contributed by atoms with Crippen LogP contribution in [0, 0.1) is 6.92 Å². The smallest absolute Gasteiger partial charge is 0.231 e. The van der Waals surface area contributed by atoms with Gasteiger partial charge in [-0.1, -0.05) is 38.1 Å². The lowest BCUT2D eigenvalue weighted by Crippen LogP contribution is -2.30. The molecule has 1 aromatic carbocycles. The summed E-state index contributed by atoms with van der Waals surface area (Å²) >= 11 is 0. The molecule has 0 aliphatic rings. The van der Waals surface area contributed by atoms with Crippen LogP contribution in [0.1, 0.15) is 25.0 Å². The number of hydrogen-bond donors (Lipinski definition) is 1. The summed E-state index contributed by atoms with van der Waals surface area (Å²) in [6, 6.07) is 8.13. The lowest BCUT2D eigenvalue weighted by Gasteiger charge is -2.15. The van der Waals surface area contributed by atoms with Gasteiger partial charge in [0, 0.05) is 6.54 Å². The number of carbonyl (C=O) groups is 1. The Kier molecular flexibility index (Phi) is 7.21. The van der Waals surface area contributed by atoms with Gasteiger partial charge in [0.05, 0.1) is 6.54 Å². The van der Waals surface area contributed by atoms with Crippen molar-refractivity contribution in [1.82, 2.24) is 4.90 Å². The van der Waals surface area contributed by atoms with Gasteiger partial charge in [-0.15, -0.1) is 0 Å². The van der Waals surface area contributed by atoms with Crippen molar-refractivity contribution in [3.63, 3.8) is 0 Å². The number of primary amides is 1. The SMILES string of the molecule is CC.Cc1ccccc1CN(C)CC(N)=O. The molecule has 2 N–H and O–H groups in total. The Morgan fingerprint density at radius 2 is 1.88 bits per heavy atom. The molecule has 0 aromatic heterocycles. The van der Waals surface area contributed by atoms with Crippen molar-refractivity contribution < 1.29 is 4.79 Å². The first-order valence-electron chi connectivity index (χ1n) is 5.61. The maximum Gasteiger partial charge on any atom is 0.231 e. The van der Waals surface area contributed by atoms with Crippen LogP contribution in [0.25, 0.3) is 0 Å². The number of amides is 1. The van der Waals surface area contributed by atoms with Gasteiger partial charge in [0.15, 0.2) is 0 Å². The fourth-order valence-corrected chi connectivity index (χ4v) is 1.40. The summed E-state index contributed by atoms with van der Waals surface area (Å²) in [4.78, 5) is 12.6. The van der Waals surface area contributed by atoms with E-state index in [9.17, 15) is 4.79 Å². The Morgan fingerprint density at radius 3 is 2.38 bits per heavy atom. The van der Waals surface area contributed by atoms with Crippen LogP contribution < -0.4 is 5.73 Å². The molecule has 0 saturated carbocycles. The van der Waals surface area contributed by atoms with E-state index in [1.54, 1.807) is 0 Å². The first-order valence-corrected chi connectivity index (χ1v) is 5.61. The second-order valence-corrected chi connectivity index (χ2v) is 3.57. The molecule has 3 heteroatoms. The summed E-state index contributed by atoms with van der Waals surface area (Å²) < 4.78 is 0. The second kappa shape index (κ2) is 7.88. The fraction of sp³-hybridized carbons (Fsp3) is 0.462. The van der Waals surface area contributed by atoms with Gasteiger partial charge in [0.2, 0.25) is 5.91 Å². The summed E-state index contributed by atoms with van der Waals surface area (Å²) in [7, 11) is 1.89. The number of carbonyl (C=O) groups excluding carboxylic acids is 1. The van der Waals surface area contributed by atoms with Gasteiger partial charge >= 0.3 is 0 Å². The monoisotopic (exact) mass is 222 g/mol. The Labute approximate surface area is 98.3 Å². The fourth-order valence-electron chi connectivity index (χ4n) is 1.40. The van der Waals surface area contributed by atoms with Crippen LogP contribution in [0.4, 0.5) is 0 Å². The van der Waals surface area contributed by atoms with Crippen LogP contribution in [0.3, 0.4) is 0 Å². The molecule has 3 nitrogen and oxygen atoms in total. The van der Waals surface area contributed by atoms with E-state index in [0.717, 1.165) is 6.54 Å². The van der Waals surface area contributed by atoms with E-state index in [4.69, 9.17) is 5.73 Å². The van der Waals surface area contributed by atoms with E-state index in [0.29, 0.717) is 6.54 Å². The van der Waals surface area contributed by atoms with Crippen molar-refractivity contribution >= 4 is 5.91 Å². The van der Waals surface area contributed by atoms with Crippen molar-refractivity contribution in [3.05, 3.63) is 35.4 Å². The summed E-state index contributed by atoms with van der Waals surface area (Å²) in [6.45, 7) is 7.12. The van der Waals surface area contributed by atoms with Crippen LogP contribution in [-0.2, 0) is 11.3 Å². The van der Waals surface area contributed by atoms with Crippen molar-refractivity contribution in [2.24, 2.45) is 5.73 Å². The van der Waals surface area contributed by atoms with E-state index in [1.807, 2.05) is 37.9 Å². The third-order valence-corrected chi connectivity index (χ3v) is 2.13. The minimum Gasteiger partial charge on any atom is -0.369 e. The highest BCUT2D eigenvalue weighted by Crippen LogP contribution is 2.08. The van der Waals surface area contributed by atoms with E-state index in [1.165, 1.54) is 11.1 Å². The van der Waals surface area contributed by atoms with Crippen LogP contribution in [0.15, 0.2) is 24.3 Å². The minimum atomic E-state index is -0.291. The Morgan fingerprint density at radius 1 is 1.31 bits per heavy atom. The van der Waals surface area contributed by atoms with Crippen LogP contribution in [-0.4, -0.2) is 24.4 Å². The lowest BCUT2D eigenvalue weighted by atomic mass is 10.1. The quantitative estimate of drug-likeness (QED) is 0.846. The van der Waals surface area contributed by atoms with Gasteiger partial charge in [-0.25, -0.2) is 0 Å². The summed E-state index contributed by atoms with van der Waals surface area (Å²) in [5.41, 5.74) is 7.58. The molecule has 0 aliphatic carbocycles. The van der Waals surface area contributed by atoms with E-state index in [-0.39, 0.29) is 5.91 Å². The average Bonchev–Trinajstić information content (AvgIpc) is 2.23. The largest absolute Gasteiger partial charge is 0.369 e. The number of nitrogens with zero attached hydrogens (tertiary/aromatic N) is 1. The molecule has 0 atom stereocenters. The predicted molar refractivity (Wildman–Crippen MR) is 68.1 cm³/mol. The zero-order valence-electron chi connectivity index (χ0n) is 10.7. The molecule has 1 aromatic rings. The van der Waals surface area contributed by atoms with Crippen molar-refractivity contribution in [2.45, 2.75) is 27.3 Å². The first-order chi connectivity index (χ1) is 7.59. The lowest BCUT2D eigenvalue weighted by molar-refractivity contribution is -0.118. The normalized spacial score (nSPS) is 9.56. The third-order valence-electron chi connectivity index (χ3n) is 2.13. The maximum absolute atomic E-state index is 10.7. The summed E-state index contributed by atoms with van der Waals surface area (Å²) in [5, 5.41) is 0. The third kappa shape index (κ3) is 5.51. The molecule has 0 aliphatic heterocycles. The highest BCUT2D eigenvalue weighted by molar-refractivity contribution is 5.75. The van der Waals surface area contributed by atoms with Gasteiger partial charge in [0.25, 0.3) is 0 Å². The number of nitrogens with two attached hydrogens (primary N) is 1. The Balaban J connectivity index is 0.00000106. The Bertz CT molecular complexity index is 323. The van der Waals surface area contributed by atoms with E-state index < -0.39 is 0 Å². The molecule has 1 amide bonds. The highest BCUT2D eigenvalue weighted by Gasteiger charge is 2.04. The van der Waals surface area contributed by atoms with Gasteiger partial charge in [-0.2, -0.15) is 0 Å². The van der Waals surface area contributed by atoms with Gasteiger partial charge < -0.3 is 5.73 Å². The molecule has 0 spiro atoms. The zero-order valence-corrected chi connectivity index (χ0v) is 10.7. The molecule has 0 radical (unpaired) electrons. The molecule has 0 saturated heterocycles. The molecular formula is C13H22N2O. The predicted octanol–water partition coefficient (Wildman–Crippen LogP) is 1.94. The number of likely N-dealkylation sites (N-methyl/N-ethyl adjacent to an activating group) is 1. The van der Waals surface area contributed by atoms with E-state index in [2.05, 4.69) is 19.1 Å². The minimum absolute atomic E-state index is 0.291.